The van der Waals surface area contributed by atoms with Crippen LogP contribution in [0.3, 0.4) is 0 Å². The molecule has 1 aromatic rings. The number of hydrogen-bond acceptors (Lipinski definition) is 2. The van der Waals surface area contributed by atoms with Crippen LogP contribution in [-0.2, 0) is 6.54 Å². The largest absolute Gasteiger partial charge is 0.391 e. The molecule has 1 saturated carbocycles. The predicted octanol–water partition coefficient (Wildman–Crippen LogP) is 2.03. The van der Waals surface area contributed by atoms with Crippen LogP contribution in [-0.4, -0.2) is 28.7 Å². The molecule has 2 heterocycles. The van der Waals surface area contributed by atoms with E-state index in [-0.39, 0.29) is 6.10 Å². The van der Waals surface area contributed by atoms with Gasteiger partial charge in [0, 0.05) is 19.1 Å². The number of nitrogens with zero attached hydrogens (tertiary/aromatic N) is 1. The standard InChI is InChI=1S/C14H19NO/c16-14-8-12-6-7-13(14)15(10-12)9-11-4-2-1-3-5-11/h1-5,12-14,16H,6-10H2/t12-,13+,14-/m1/s1. The topological polar surface area (TPSA) is 23.5 Å². The summed E-state index contributed by atoms with van der Waals surface area (Å²) in [5, 5.41) is 10.0. The van der Waals surface area contributed by atoms with Crippen molar-refractivity contribution in [2.24, 2.45) is 5.92 Å². The molecule has 0 spiro atoms. The van der Waals surface area contributed by atoms with Gasteiger partial charge < -0.3 is 5.11 Å². The Balaban J connectivity index is 1.72. The maximum atomic E-state index is 10.0. The van der Waals surface area contributed by atoms with Crippen molar-refractivity contribution in [1.29, 1.82) is 0 Å². The third kappa shape index (κ3) is 1.87. The van der Waals surface area contributed by atoms with Crippen LogP contribution in [0.5, 0.6) is 0 Å². The minimum absolute atomic E-state index is 0.0868. The number of rotatable bonds is 2. The molecule has 0 radical (unpaired) electrons. The zero-order chi connectivity index (χ0) is 11.0. The maximum absolute atomic E-state index is 10.0. The molecule has 2 nitrogen and oxygen atoms in total. The summed E-state index contributed by atoms with van der Waals surface area (Å²) in [6, 6.07) is 11.0. The molecule has 86 valence electrons. The molecule has 2 aliphatic heterocycles. The Morgan fingerprint density at radius 1 is 1.19 bits per heavy atom. The van der Waals surface area contributed by atoms with Gasteiger partial charge in [0.05, 0.1) is 6.10 Å². The minimum Gasteiger partial charge on any atom is -0.391 e. The molecule has 3 aliphatic rings. The molecule has 0 aromatic heterocycles. The van der Waals surface area contributed by atoms with Crippen LogP contribution in [0.2, 0.25) is 0 Å². The van der Waals surface area contributed by atoms with E-state index in [1.54, 1.807) is 0 Å². The fraction of sp³-hybridized carbons (Fsp3) is 0.571. The van der Waals surface area contributed by atoms with Crippen LogP contribution in [0.15, 0.2) is 30.3 Å². The van der Waals surface area contributed by atoms with E-state index in [4.69, 9.17) is 0 Å². The van der Waals surface area contributed by atoms with Crippen LogP contribution < -0.4 is 0 Å². The minimum atomic E-state index is -0.0868. The summed E-state index contributed by atoms with van der Waals surface area (Å²) in [5.74, 6) is 0.726. The molecule has 0 amide bonds. The molecular weight excluding hydrogens is 198 g/mol. The molecule has 4 rings (SSSR count). The summed E-state index contributed by atoms with van der Waals surface area (Å²) in [5.41, 5.74) is 1.36. The first-order chi connectivity index (χ1) is 7.83. The molecule has 2 bridgehead atoms. The lowest BCUT2D eigenvalue weighted by Gasteiger charge is -2.48. The van der Waals surface area contributed by atoms with Crippen molar-refractivity contribution >= 4 is 0 Å². The predicted molar refractivity (Wildman–Crippen MR) is 64.0 cm³/mol. The van der Waals surface area contributed by atoms with Crippen molar-refractivity contribution in [2.75, 3.05) is 6.54 Å². The van der Waals surface area contributed by atoms with Crippen molar-refractivity contribution in [1.82, 2.24) is 4.90 Å². The Hall–Kier alpha value is -0.860. The van der Waals surface area contributed by atoms with Crippen LogP contribution in [0.1, 0.15) is 24.8 Å². The van der Waals surface area contributed by atoms with E-state index < -0.39 is 0 Å². The second-order valence-electron chi connectivity index (χ2n) is 5.23. The fourth-order valence-corrected chi connectivity index (χ4v) is 3.27. The SMILES string of the molecule is O[C@@H]1C[C@H]2CC[C@@H]1N(Cc1ccccc1)C2. The Labute approximate surface area is 96.9 Å². The molecule has 2 saturated heterocycles. The zero-order valence-corrected chi connectivity index (χ0v) is 9.55. The van der Waals surface area contributed by atoms with Crippen LogP contribution in [0.4, 0.5) is 0 Å². The van der Waals surface area contributed by atoms with E-state index in [1.807, 2.05) is 0 Å². The van der Waals surface area contributed by atoms with Gasteiger partial charge in [-0.05, 0) is 30.7 Å². The van der Waals surface area contributed by atoms with Gasteiger partial charge in [-0.25, -0.2) is 0 Å². The number of aliphatic hydroxyl groups excluding tert-OH is 1. The van der Waals surface area contributed by atoms with Gasteiger partial charge in [-0.15, -0.1) is 0 Å². The average molecular weight is 217 g/mol. The Morgan fingerprint density at radius 3 is 2.69 bits per heavy atom. The van der Waals surface area contributed by atoms with E-state index in [9.17, 15) is 5.11 Å². The van der Waals surface area contributed by atoms with Crippen molar-refractivity contribution in [3.05, 3.63) is 35.9 Å². The number of fused-ring (bicyclic) bond motifs is 3. The number of aliphatic hydroxyl groups is 1. The second kappa shape index (κ2) is 4.19. The molecule has 1 aliphatic carbocycles. The molecule has 1 aromatic carbocycles. The van der Waals surface area contributed by atoms with Crippen LogP contribution >= 0.6 is 0 Å². The first-order valence-corrected chi connectivity index (χ1v) is 6.29. The average Bonchev–Trinajstić information content (AvgIpc) is 2.30. The molecule has 3 fully saturated rings. The van der Waals surface area contributed by atoms with E-state index >= 15 is 0 Å². The van der Waals surface area contributed by atoms with Gasteiger partial charge in [-0.1, -0.05) is 30.3 Å². The summed E-state index contributed by atoms with van der Waals surface area (Å²) in [7, 11) is 0. The lowest BCUT2D eigenvalue weighted by Crippen LogP contribution is -2.55. The van der Waals surface area contributed by atoms with Crippen molar-refractivity contribution in [3.8, 4) is 0 Å². The summed E-state index contributed by atoms with van der Waals surface area (Å²) >= 11 is 0. The lowest BCUT2D eigenvalue weighted by atomic mass is 9.78. The van der Waals surface area contributed by atoms with E-state index in [0.717, 1.165) is 18.9 Å². The molecule has 2 heteroatoms. The molecule has 0 unspecified atom stereocenters. The second-order valence-corrected chi connectivity index (χ2v) is 5.23. The highest BCUT2D eigenvalue weighted by atomic mass is 16.3. The third-order valence-electron chi connectivity index (χ3n) is 4.08. The van der Waals surface area contributed by atoms with Crippen molar-refractivity contribution in [3.63, 3.8) is 0 Å². The number of hydrogen-bond donors (Lipinski definition) is 1. The smallest absolute Gasteiger partial charge is 0.0698 e. The third-order valence-corrected chi connectivity index (χ3v) is 4.08. The number of piperidine rings is 2. The quantitative estimate of drug-likeness (QED) is 0.819. The Morgan fingerprint density at radius 2 is 2.00 bits per heavy atom. The number of benzene rings is 1. The monoisotopic (exact) mass is 217 g/mol. The Bertz CT molecular complexity index is 351. The fourth-order valence-electron chi connectivity index (χ4n) is 3.27. The van der Waals surface area contributed by atoms with Gasteiger partial charge in [0.2, 0.25) is 0 Å². The first-order valence-electron chi connectivity index (χ1n) is 6.29. The molecule has 1 N–H and O–H groups in total. The van der Waals surface area contributed by atoms with Crippen LogP contribution in [0, 0.1) is 5.92 Å². The molecular formula is C14H19NO. The van der Waals surface area contributed by atoms with E-state index in [2.05, 4.69) is 35.2 Å². The highest BCUT2D eigenvalue weighted by molar-refractivity contribution is 5.15. The lowest BCUT2D eigenvalue weighted by molar-refractivity contribution is -0.0582. The van der Waals surface area contributed by atoms with Gasteiger partial charge in [0.25, 0.3) is 0 Å². The van der Waals surface area contributed by atoms with E-state index in [1.165, 1.54) is 24.9 Å². The molecule has 16 heavy (non-hydrogen) atoms. The molecule has 3 atom stereocenters. The summed E-state index contributed by atoms with van der Waals surface area (Å²) in [6.07, 6.45) is 3.43. The van der Waals surface area contributed by atoms with Gasteiger partial charge in [0.15, 0.2) is 0 Å². The normalized spacial score (nSPS) is 34.2. The van der Waals surface area contributed by atoms with Crippen molar-refractivity contribution < 1.29 is 5.11 Å². The summed E-state index contributed by atoms with van der Waals surface area (Å²) < 4.78 is 0. The zero-order valence-electron chi connectivity index (χ0n) is 9.55. The van der Waals surface area contributed by atoms with Gasteiger partial charge in [0.1, 0.15) is 0 Å². The van der Waals surface area contributed by atoms with Crippen molar-refractivity contribution in [2.45, 2.75) is 38.0 Å². The van der Waals surface area contributed by atoms with E-state index in [0.29, 0.717) is 6.04 Å². The summed E-state index contributed by atoms with van der Waals surface area (Å²) in [4.78, 5) is 2.47. The van der Waals surface area contributed by atoms with Crippen LogP contribution in [0.25, 0.3) is 0 Å². The van der Waals surface area contributed by atoms with Gasteiger partial charge in [-0.2, -0.15) is 0 Å². The highest BCUT2D eigenvalue weighted by Crippen LogP contribution is 2.35. The maximum Gasteiger partial charge on any atom is 0.0698 e. The summed E-state index contributed by atoms with van der Waals surface area (Å²) in [6.45, 7) is 2.18. The Kier molecular flexibility index (Phi) is 2.70. The van der Waals surface area contributed by atoms with Gasteiger partial charge in [-0.3, -0.25) is 4.90 Å². The van der Waals surface area contributed by atoms with Gasteiger partial charge >= 0.3 is 0 Å². The highest BCUT2D eigenvalue weighted by Gasteiger charge is 2.39. The first kappa shape index (κ1) is 10.3.